The summed E-state index contributed by atoms with van der Waals surface area (Å²) in [5.74, 6) is 0.600. The Morgan fingerprint density at radius 1 is 1.17 bits per heavy atom. The van der Waals surface area contributed by atoms with Crippen LogP contribution in [0.2, 0.25) is 0 Å². The van der Waals surface area contributed by atoms with E-state index in [2.05, 4.69) is 15.3 Å². The molecule has 36 heavy (non-hydrogen) atoms. The van der Waals surface area contributed by atoms with Crippen molar-refractivity contribution in [2.24, 2.45) is 0 Å². The second-order valence-corrected chi connectivity index (χ2v) is 9.74. The van der Waals surface area contributed by atoms with E-state index >= 15 is 0 Å². The normalized spacial score (nSPS) is 17.7. The van der Waals surface area contributed by atoms with Gasteiger partial charge in [-0.2, -0.15) is 0 Å². The van der Waals surface area contributed by atoms with Crippen LogP contribution in [-0.4, -0.2) is 77.9 Å². The molecule has 3 aromatic rings. The highest BCUT2D eigenvalue weighted by molar-refractivity contribution is 6.03. The number of fused-ring (bicyclic) bond motifs is 2. The molecule has 8 nitrogen and oxygen atoms in total. The van der Waals surface area contributed by atoms with Crippen LogP contribution in [-0.2, 0) is 11.2 Å². The van der Waals surface area contributed by atoms with Crippen LogP contribution in [0.5, 0.6) is 0 Å². The third kappa shape index (κ3) is 5.23. The molecule has 5 rings (SSSR count). The lowest BCUT2D eigenvalue weighted by atomic mass is 9.98. The first-order valence-corrected chi connectivity index (χ1v) is 12.5. The summed E-state index contributed by atoms with van der Waals surface area (Å²) in [5.41, 5.74) is 3.54. The summed E-state index contributed by atoms with van der Waals surface area (Å²) >= 11 is 0. The highest BCUT2D eigenvalue weighted by Gasteiger charge is 2.29. The molecular formula is C28H32N6O2. The van der Waals surface area contributed by atoms with Gasteiger partial charge in [-0.25, -0.2) is 9.97 Å². The van der Waals surface area contributed by atoms with Crippen LogP contribution in [0, 0.1) is 0 Å². The lowest BCUT2D eigenvalue weighted by Crippen LogP contribution is -2.35. The van der Waals surface area contributed by atoms with E-state index in [0.29, 0.717) is 31.1 Å². The largest absolute Gasteiger partial charge is 0.350 e. The van der Waals surface area contributed by atoms with Gasteiger partial charge in [0, 0.05) is 61.1 Å². The van der Waals surface area contributed by atoms with Crippen molar-refractivity contribution in [1.82, 2.24) is 19.8 Å². The number of likely N-dealkylation sites (tertiary alicyclic amines) is 1. The molecule has 1 unspecified atom stereocenters. The Labute approximate surface area is 211 Å². The fourth-order valence-electron chi connectivity index (χ4n) is 4.88. The van der Waals surface area contributed by atoms with Crippen molar-refractivity contribution in [1.29, 1.82) is 0 Å². The smallest absolute Gasteiger partial charge is 0.253 e. The van der Waals surface area contributed by atoms with Gasteiger partial charge in [0.05, 0.1) is 5.52 Å². The van der Waals surface area contributed by atoms with Gasteiger partial charge < -0.3 is 20.0 Å². The first-order valence-electron chi connectivity index (χ1n) is 12.5. The van der Waals surface area contributed by atoms with Gasteiger partial charge >= 0.3 is 0 Å². The highest BCUT2D eigenvalue weighted by atomic mass is 16.2. The van der Waals surface area contributed by atoms with Gasteiger partial charge in [0.2, 0.25) is 5.95 Å². The average Bonchev–Trinajstić information content (AvgIpc) is 3.35. The van der Waals surface area contributed by atoms with Crippen LogP contribution in [0.25, 0.3) is 10.9 Å². The maximum Gasteiger partial charge on any atom is 0.253 e. The molecule has 186 valence electrons. The Bertz CT molecular complexity index is 1300. The van der Waals surface area contributed by atoms with Crippen molar-refractivity contribution in [3.05, 3.63) is 71.9 Å². The fraction of sp³-hybridized carbons (Fsp3) is 0.357. The summed E-state index contributed by atoms with van der Waals surface area (Å²) in [6, 6.07) is 13.7. The molecule has 0 spiro atoms. The molecule has 2 aliphatic rings. The molecule has 1 fully saturated rings. The summed E-state index contributed by atoms with van der Waals surface area (Å²) < 4.78 is 0. The minimum atomic E-state index is -0.0127. The number of hydrogen-bond acceptors (Lipinski definition) is 6. The van der Waals surface area contributed by atoms with E-state index in [4.69, 9.17) is 0 Å². The number of carbonyl (C=O) groups excluding carboxylic acids is 2. The van der Waals surface area contributed by atoms with E-state index in [1.54, 1.807) is 6.08 Å². The van der Waals surface area contributed by atoms with Crippen LogP contribution >= 0.6 is 0 Å². The molecule has 1 atom stereocenters. The van der Waals surface area contributed by atoms with E-state index in [9.17, 15) is 9.59 Å². The summed E-state index contributed by atoms with van der Waals surface area (Å²) in [7, 11) is 3.94. The third-order valence-corrected chi connectivity index (χ3v) is 6.74. The van der Waals surface area contributed by atoms with Gasteiger partial charge in [-0.3, -0.25) is 9.59 Å². The van der Waals surface area contributed by atoms with Crippen LogP contribution in [0.4, 0.5) is 11.6 Å². The number of carbonyl (C=O) groups is 2. The summed E-state index contributed by atoms with van der Waals surface area (Å²) in [6.45, 7) is 2.70. The predicted octanol–water partition coefficient (Wildman–Crippen LogP) is 3.35. The molecular weight excluding hydrogens is 452 g/mol. The molecule has 0 aliphatic carbocycles. The summed E-state index contributed by atoms with van der Waals surface area (Å²) in [4.78, 5) is 40.8. The minimum absolute atomic E-state index is 0.0127. The molecule has 2 aromatic carbocycles. The first kappa shape index (κ1) is 23.9. The zero-order chi connectivity index (χ0) is 25.1. The zero-order valence-corrected chi connectivity index (χ0v) is 20.9. The molecule has 0 bridgehead atoms. The number of amides is 2. The number of nitrogens with one attached hydrogen (secondary N) is 1. The molecule has 1 N–H and O–H groups in total. The SMILES string of the molecule is CN(C)C/C=C/C(=O)N1CCCc2cc(C(=O)N3CCC(Nc4ncc5ccccc5n4)C3)ccc21. The number of rotatable bonds is 6. The predicted molar refractivity (Wildman–Crippen MR) is 142 cm³/mol. The Morgan fingerprint density at radius 2 is 2.03 bits per heavy atom. The van der Waals surface area contributed by atoms with Crippen molar-refractivity contribution >= 4 is 34.4 Å². The minimum Gasteiger partial charge on any atom is -0.350 e. The van der Waals surface area contributed by atoms with Crippen LogP contribution in [0.15, 0.2) is 60.8 Å². The van der Waals surface area contributed by atoms with E-state index in [1.165, 1.54) is 0 Å². The maximum atomic E-state index is 13.3. The Morgan fingerprint density at radius 3 is 2.89 bits per heavy atom. The van der Waals surface area contributed by atoms with Crippen LogP contribution < -0.4 is 10.2 Å². The lowest BCUT2D eigenvalue weighted by Gasteiger charge is -2.29. The molecule has 2 amide bonds. The Balaban J connectivity index is 1.24. The number of nitrogens with zero attached hydrogens (tertiary/aromatic N) is 5. The van der Waals surface area contributed by atoms with Crippen LogP contribution in [0.1, 0.15) is 28.8 Å². The fourth-order valence-corrected chi connectivity index (χ4v) is 4.88. The van der Waals surface area contributed by atoms with E-state index < -0.39 is 0 Å². The number of aromatic nitrogens is 2. The number of benzene rings is 2. The Kier molecular flexibility index (Phi) is 6.95. The highest BCUT2D eigenvalue weighted by Crippen LogP contribution is 2.29. The summed E-state index contributed by atoms with van der Waals surface area (Å²) in [6.07, 6.45) is 7.95. The molecule has 0 saturated carbocycles. The zero-order valence-electron chi connectivity index (χ0n) is 20.9. The average molecular weight is 485 g/mol. The second kappa shape index (κ2) is 10.5. The van der Waals surface area contributed by atoms with Gasteiger partial charge in [-0.15, -0.1) is 0 Å². The maximum absolute atomic E-state index is 13.3. The van der Waals surface area contributed by atoms with Gasteiger partial charge in [0.15, 0.2) is 0 Å². The van der Waals surface area contributed by atoms with Crippen molar-refractivity contribution in [2.75, 3.05) is 50.5 Å². The first-order chi connectivity index (χ1) is 17.5. The van der Waals surface area contributed by atoms with Crippen LogP contribution in [0.3, 0.4) is 0 Å². The quantitative estimate of drug-likeness (QED) is 0.541. The van der Waals surface area contributed by atoms with Gasteiger partial charge in [-0.05, 0) is 63.2 Å². The molecule has 1 aromatic heterocycles. The number of para-hydroxylation sites is 1. The number of likely N-dealkylation sites (N-methyl/N-ethyl adjacent to an activating group) is 1. The topological polar surface area (TPSA) is 81.7 Å². The van der Waals surface area contributed by atoms with Crippen molar-refractivity contribution in [3.8, 4) is 0 Å². The second-order valence-electron chi connectivity index (χ2n) is 9.74. The van der Waals surface area contributed by atoms with Crippen molar-refractivity contribution < 1.29 is 9.59 Å². The summed E-state index contributed by atoms with van der Waals surface area (Å²) in [5, 5.41) is 4.39. The third-order valence-electron chi connectivity index (χ3n) is 6.74. The van der Waals surface area contributed by atoms with Crippen molar-refractivity contribution in [3.63, 3.8) is 0 Å². The molecule has 0 radical (unpaired) electrons. The molecule has 1 saturated heterocycles. The monoisotopic (exact) mass is 484 g/mol. The number of hydrogen-bond donors (Lipinski definition) is 1. The molecule has 8 heteroatoms. The van der Waals surface area contributed by atoms with E-state index in [1.807, 2.05) is 83.5 Å². The van der Waals surface area contributed by atoms with Gasteiger partial charge in [0.25, 0.3) is 11.8 Å². The van der Waals surface area contributed by atoms with E-state index in [-0.39, 0.29) is 17.9 Å². The Hall–Kier alpha value is -3.78. The van der Waals surface area contributed by atoms with Gasteiger partial charge in [0.1, 0.15) is 0 Å². The molecule has 3 heterocycles. The number of aryl methyl sites for hydroxylation is 1. The molecule has 2 aliphatic heterocycles. The van der Waals surface area contributed by atoms with Gasteiger partial charge in [-0.1, -0.05) is 24.3 Å². The van der Waals surface area contributed by atoms with Crippen molar-refractivity contribution in [2.45, 2.75) is 25.3 Å². The number of anilines is 2. The van der Waals surface area contributed by atoms with E-state index in [0.717, 1.165) is 48.0 Å². The lowest BCUT2D eigenvalue weighted by molar-refractivity contribution is -0.114. The standard InChI is InChI=1S/C28H32N6O2/c1-32(2)14-6-10-26(35)34-15-5-8-20-17-21(11-12-25(20)34)27(36)33-16-13-23(19-33)30-28-29-18-22-7-3-4-9-24(22)31-28/h3-4,6-7,9-12,17-18,23H,5,8,13-16,19H2,1-2H3,(H,29,30,31)/b10-6+.